The van der Waals surface area contributed by atoms with E-state index in [1.807, 2.05) is 24.3 Å². The number of fused-ring (bicyclic) bond motifs is 1. The van der Waals surface area contributed by atoms with Gasteiger partial charge in [-0.3, -0.25) is 0 Å². The number of rotatable bonds is 5. The lowest BCUT2D eigenvalue weighted by Gasteiger charge is -2.06. The molecule has 3 aromatic rings. The highest BCUT2D eigenvalue weighted by atomic mass is 16.5. The van der Waals surface area contributed by atoms with Gasteiger partial charge in [-0.25, -0.2) is 9.78 Å². The topological polar surface area (TPSA) is 64.2 Å². The van der Waals surface area contributed by atoms with Crippen LogP contribution in [0.4, 0.5) is 0 Å². The van der Waals surface area contributed by atoms with Crippen molar-refractivity contribution in [3.05, 3.63) is 59.0 Å². The molecule has 25 heavy (non-hydrogen) atoms. The van der Waals surface area contributed by atoms with E-state index in [4.69, 9.17) is 9.47 Å². The largest absolute Gasteiger partial charge is 0.497 e. The zero-order valence-corrected chi connectivity index (χ0v) is 14.3. The molecular weight excluding hydrogens is 316 g/mol. The van der Waals surface area contributed by atoms with Crippen molar-refractivity contribution >= 4 is 16.9 Å². The second-order valence-electron chi connectivity index (χ2n) is 6.39. The number of hydrogen-bond donors (Lipinski definition) is 1. The Morgan fingerprint density at radius 2 is 2.08 bits per heavy atom. The molecule has 0 unspecified atom stereocenters. The van der Waals surface area contributed by atoms with Gasteiger partial charge in [-0.05, 0) is 48.6 Å². The van der Waals surface area contributed by atoms with Gasteiger partial charge in [0.2, 0.25) is 0 Å². The van der Waals surface area contributed by atoms with Crippen molar-refractivity contribution in [2.45, 2.75) is 25.2 Å². The highest BCUT2D eigenvalue weighted by Crippen LogP contribution is 2.44. The zero-order valence-electron chi connectivity index (χ0n) is 14.3. The summed E-state index contributed by atoms with van der Waals surface area (Å²) in [5.74, 6) is 1.03. The Bertz CT molecular complexity index is 941. The predicted octanol–water partition coefficient (Wildman–Crippen LogP) is 3.83. The van der Waals surface area contributed by atoms with E-state index in [2.05, 4.69) is 16.0 Å². The number of carbonyl (C=O) groups is 1. The van der Waals surface area contributed by atoms with Gasteiger partial charge in [0.05, 0.1) is 14.2 Å². The van der Waals surface area contributed by atoms with Gasteiger partial charge >= 0.3 is 5.97 Å². The number of benzene rings is 1. The van der Waals surface area contributed by atoms with E-state index >= 15 is 0 Å². The van der Waals surface area contributed by atoms with Crippen molar-refractivity contribution in [2.24, 2.45) is 0 Å². The molecule has 0 spiro atoms. The molecule has 0 bridgehead atoms. The fourth-order valence-electron chi connectivity index (χ4n) is 3.27. The summed E-state index contributed by atoms with van der Waals surface area (Å²) in [6, 6.07) is 11.6. The van der Waals surface area contributed by atoms with Crippen LogP contribution in [0.1, 0.15) is 46.2 Å². The summed E-state index contributed by atoms with van der Waals surface area (Å²) in [5.41, 5.74) is 4.83. The molecule has 0 atom stereocenters. The molecule has 0 aliphatic heterocycles. The third-order valence-corrected chi connectivity index (χ3v) is 4.69. The molecule has 1 aliphatic rings. The summed E-state index contributed by atoms with van der Waals surface area (Å²) >= 11 is 0. The number of aromatic nitrogens is 2. The van der Waals surface area contributed by atoms with E-state index in [-0.39, 0.29) is 0 Å². The average Bonchev–Trinajstić information content (AvgIpc) is 3.44. The Morgan fingerprint density at radius 1 is 1.24 bits per heavy atom. The van der Waals surface area contributed by atoms with Crippen molar-refractivity contribution in [3.8, 4) is 5.75 Å². The van der Waals surface area contributed by atoms with Crippen LogP contribution >= 0.6 is 0 Å². The second-order valence-corrected chi connectivity index (χ2v) is 6.39. The van der Waals surface area contributed by atoms with Crippen molar-refractivity contribution in [3.63, 3.8) is 0 Å². The van der Waals surface area contributed by atoms with Gasteiger partial charge in [0.15, 0.2) is 0 Å². The smallest absolute Gasteiger partial charge is 0.356 e. The van der Waals surface area contributed by atoms with Gasteiger partial charge in [-0.15, -0.1) is 0 Å². The summed E-state index contributed by atoms with van der Waals surface area (Å²) in [4.78, 5) is 19.8. The third-order valence-electron chi connectivity index (χ3n) is 4.69. The van der Waals surface area contributed by atoms with Crippen molar-refractivity contribution in [2.75, 3.05) is 14.2 Å². The highest BCUT2D eigenvalue weighted by Gasteiger charge is 2.29. The lowest BCUT2D eigenvalue weighted by atomic mass is 10.0. The number of ether oxygens (including phenoxy) is 2. The van der Waals surface area contributed by atoms with E-state index in [0.29, 0.717) is 18.0 Å². The summed E-state index contributed by atoms with van der Waals surface area (Å²) in [6.45, 7) is 0. The number of pyridine rings is 1. The maximum atomic E-state index is 11.7. The number of methoxy groups -OCH3 is 2. The van der Waals surface area contributed by atoms with Crippen LogP contribution in [0.25, 0.3) is 10.9 Å². The predicted molar refractivity (Wildman–Crippen MR) is 95.2 cm³/mol. The summed E-state index contributed by atoms with van der Waals surface area (Å²) < 4.78 is 10.1. The van der Waals surface area contributed by atoms with Crippen LogP contribution in [0.2, 0.25) is 0 Å². The first-order valence-electron chi connectivity index (χ1n) is 8.42. The minimum Gasteiger partial charge on any atom is -0.497 e. The molecule has 1 N–H and O–H groups in total. The Labute approximate surface area is 146 Å². The van der Waals surface area contributed by atoms with Crippen molar-refractivity contribution < 1.29 is 14.3 Å². The molecule has 5 heteroatoms. The molecule has 1 aliphatic carbocycles. The van der Waals surface area contributed by atoms with E-state index in [1.54, 1.807) is 13.2 Å². The molecular formula is C20H20N2O3. The molecule has 5 nitrogen and oxygen atoms in total. The monoisotopic (exact) mass is 336 g/mol. The maximum Gasteiger partial charge on any atom is 0.356 e. The van der Waals surface area contributed by atoms with Crippen LogP contribution in [0.5, 0.6) is 5.75 Å². The van der Waals surface area contributed by atoms with E-state index < -0.39 is 5.97 Å². The van der Waals surface area contributed by atoms with Gasteiger partial charge in [-0.1, -0.05) is 6.07 Å². The lowest BCUT2D eigenvalue weighted by molar-refractivity contribution is 0.0593. The van der Waals surface area contributed by atoms with E-state index in [9.17, 15) is 4.79 Å². The zero-order chi connectivity index (χ0) is 17.4. The van der Waals surface area contributed by atoms with Crippen molar-refractivity contribution in [1.82, 2.24) is 9.97 Å². The van der Waals surface area contributed by atoms with Crippen LogP contribution in [0.15, 0.2) is 36.4 Å². The number of nitrogens with one attached hydrogen (secondary N) is 1. The van der Waals surface area contributed by atoms with Gasteiger partial charge < -0.3 is 14.5 Å². The molecule has 0 radical (unpaired) electrons. The average molecular weight is 336 g/mol. The minimum absolute atomic E-state index is 0.342. The Kier molecular flexibility index (Phi) is 3.92. The first-order valence-corrected chi connectivity index (χ1v) is 8.42. The molecule has 1 aromatic carbocycles. The summed E-state index contributed by atoms with van der Waals surface area (Å²) in [6.07, 6.45) is 3.11. The van der Waals surface area contributed by atoms with Crippen LogP contribution in [-0.2, 0) is 11.2 Å². The number of carbonyl (C=O) groups excluding carboxylic acids is 1. The van der Waals surface area contributed by atoms with Crippen LogP contribution in [0.3, 0.4) is 0 Å². The fraction of sp³-hybridized carbons (Fsp3) is 0.300. The number of hydrogen-bond acceptors (Lipinski definition) is 4. The maximum absolute atomic E-state index is 11.7. The molecule has 2 heterocycles. The molecule has 0 amide bonds. The van der Waals surface area contributed by atoms with Gasteiger partial charge in [0.1, 0.15) is 11.4 Å². The van der Waals surface area contributed by atoms with Crippen molar-refractivity contribution in [1.29, 1.82) is 0 Å². The fourth-order valence-corrected chi connectivity index (χ4v) is 3.27. The van der Waals surface area contributed by atoms with Crippen LogP contribution in [-0.4, -0.2) is 30.2 Å². The SMILES string of the molecule is COC(=O)c1cccc(Cc2c(C3CC3)[nH]c3cc(OC)ccc23)n1. The molecule has 2 aromatic heterocycles. The Morgan fingerprint density at radius 3 is 2.80 bits per heavy atom. The van der Waals surface area contributed by atoms with Crippen LogP contribution in [0, 0.1) is 0 Å². The molecule has 4 rings (SSSR count). The molecule has 0 saturated heterocycles. The third kappa shape index (κ3) is 2.97. The molecule has 1 saturated carbocycles. The number of esters is 1. The minimum atomic E-state index is -0.409. The first-order chi connectivity index (χ1) is 12.2. The Balaban J connectivity index is 1.75. The van der Waals surface area contributed by atoms with E-state index in [1.165, 1.54) is 36.6 Å². The number of H-pyrrole nitrogens is 1. The summed E-state index contributed by atoms with van der Waals surface area (Å²) in [7, 11) is 3.05. The van der Waals surface area contributed by atoms with Gasteiger partial charge in [0.25, 0.3) is 0 Å². The summed E-state index contributed by atoms with van der Waals surface area (Å²) in [5, 5.41) is 1.19. The van der Waals surface area contributed by atoms with Gasteiger partial charge in [-0.2, -0.15) is 0 Å². The van der Waals surface area contributed by atoms with Crippen LogP contribution < -0.4 is 4.74 Å². The second kappa shape index (κ2) is 6.24. The Hall–Kier alpha value is -2.82. The lowest BCUT2D eigenvalue weighted by Crippen LogP contribution is -2.06. The first kappa shape index (κ1) is 15.7. The van der Waals surface area contributed by atoms with Gasteiger partial charge in [0, 0.05) is 34.8 Å². The van der Waals surface area contributed by atoms with E-state index in [0.717, 1.165) is 17.0 Å². The highest BCUT2D eigenvalue weighted by molar-refractivity contribution is 5.88. The number of nitrogens with zero attached hydrogens (tertiary/aromatic N) is 1. The molecule has 1 fully saturated rings. The number of aromatic amines is 1. The normalized spacial score (nSPS) is 13.8. The quantitative estimate of drug-likeness (QED) is 0.719. The standard InChI is InChI=1S/C20H20N2O3/c1-24-14-8-9-15-16(19(12-6-7-12)22-18(15)11-14)10-13-4-3-5-17(21-13)20(23)25-2/h3-5,8-9,11-12,22H,6-7,10H2,1-2H3. The molecule has 128 valence electrons.